The van der Waals surface area contributed by atoms with Crippen molar-refractivity contribution in [3.05, 3.63) is 50.6 Å². The van der Waals surface area contributed by atoms with E-state index in [0.717, 1.165) is 18.8 Å². The number of anilines is 1. The molecule has 0 aliphatic heterocycles. The van der Waals surface area contributed by atoms with Gasteiger partial charge in [0.05, 0.1) is 3.79 Å². The van der Waals surface area contributed by atoms with E-state index in [4.69, 9.17) is 0 Å². The van der Waals surface area contributed by atoms with Crippen LogP contribution in [0.3, 0.4) is 0 Å². The minimum Gasteiger partial charge on any atom is -0.388 e. The van der Waals surface area contributed by atoms with Crippen LogP contribution in [0, 0.1) is 0 Å². The molecule has 18 heavy (non-hydrogen) atoms. The maximum atomic E-state index is 3.50. The first-order chi connectivity index (χ1) is 8.67. The molecule has 1 aromatic heterocycles. The van der Waals surface area contributed by atoms with E-state index in [0.29, 0.717) is 0 Å². The van der Waals surface area contributed by atoms with Gasteiger partial charge in [0.25, 0.3) is 0 Å². The molecule has 2 nitrogen and oxygen atoms in total. The van der Waals surface area contributed by atoms with Crippen LogP contribution in [0.25, 0.3) is 0 Å². The zero-order chi connectivity index (χ0) is 13.0. The number of hydrogen-bond donors (Lipinski definition) is 1. The van der Waals surface area contributed by atoms with Gasteiger partial charge in [-0.2, -0.15) is 0 Å². The van der Waals surface area contributed by atoms with Crippen molar-refractivity contribution in [1.82, 2.24) is 4.90 Å². The largest absolute Gasteiger partial charge is 0.388 e. The lowest BCUT2D eigenvalue weighted by molar-refractivity contribution is 0.322. The summed E-state index contributed by atoms with van der Waals surface area (Å²) in [7, 11) is 4.09. The standard InChI is InChI=1S/C14H17BrN2S/c1-16-12-5-3-11(4-6-12)9-17(2)10-13-7-8-14(15)18-13/h3-8,16H,9-10H2,1-2H3. The predicted molar refractivity (Wildman–Crippen MR) is 83.2 cm³/mol. The molecule has 0 aliphatic carbocycles. The molecule has 0 spiro atoms. The fourth-order valence-electron chi connectivity index (χ4n) is 1.85. The Kier molecular flexibility index (Phi) is 4.80. The van der Waals surface area contributed by atoms with Gasteiger partial charge >= 0.3 is 0 Å². The molecular weight excluding hydrogens is 308 g/mol. The SMILES string of the molecule is CNc1ccc(CN(C)Cc2ccc(Br)s2)cc1. The van der Waals surface area contributed by atoms with Gasteiger partial charge in [0.15, 0.2) is 0 Å². The Morgan fingerprint density at radius 1 is 1.11 bits per heavy atom. The summed E-state index contributed by atoms with van der Waals surface area (Å²) >= 11 is 5.30. The highest BCUT2D eigenvalue weighted by Gasteiger charge is 2.04. The summed E-state index contributed by atoms with van der Waals surface area (Å²) in [6.07, 6.45) is 0. The van der Waals surface area contributed by atoms with Gasteiger partial charge in [-0.3, -0.25) is 4.90 Å². The minimum absolute atomic E-state index is 0.972. The number of rotatable bonds is 5. The van der Waals surface area contributed by atoms with E-state index in [1.54, 1.807) is 11.3 Å². The van der Waals surface area contributed by atoms with Crippen molar-refractivity contribution >= 4 is 33.0 Å². The molecule has 0 amide bonds. The van der Waals surface area contributed by atoms with Gasteiger partial charge in [0.2, 0.25) is 0 Å². The van der Waals surface area contributed by atoms with Crippen LogP contribution in [0.5, 0.6) is 0 Å². The smallest absolute Gasteiger partial charge is 0.0701 e. The van der Waals surface area contributed by atoms with E-state index in [-0.39, 0.29) is 0 Å². The van der Waals surface area contributed by atoms with Crippen LogP contribution in [0.2, 0.25) is 0 Å². The molecule has 0 saturated carbocycles. The Morgan fingerprint density at radius 3 is 2.39 bits per heavy atom. The summed E-state index contributed by atoms with van der Waals surface area (Å²) in [5, 5.41) is 3.13. The van der Waals surface area contributed by atoms with Gasteiger partial charge in [-0.25, -0.2) is 0 Å². The van der Waals surface area contributed by atoms with Crippen LogP contribution < -0.4 is 5.32 Å². The van der Waals surface area contributed by atoms with Crippen LogP contribution in [0.15, 0.2) is 40.2 Å². The summed E-state index contributed by atoms with van der Waals surface area (Å²) in [4.78, 5) is 3.71. The average Bonchev–Trinajstić information content (AvgIpc) is 2.75. The second kappa shape index (κ2) is 6.36. The Bertz CT molecular complexity index is 493. The molecule has 0 bridgehead atoms. The molecule has 0 atom stereocenters. The normalized spacial score (nSPS) is 10.9. The summed E-state index contributed by atoms with van der Waals surface area (Å²) in [6.45, 7) is 1.96. The van der Waals surface area contributed by atoms with Crippen molar-refractivity contribution in [2.75, 3.05) is 19.4 Å². The second-order valence-electron chi connectivity index (χ2n) is 4.33. The minimum atomic E-state index is 0.972. The summed E-state index contributed by atoms with van der Waals surface area (Å²) < 4.78 is 1.20. The first-order valence-corrected chi connectivity index (χ1v) is 7.48. The molecule has 1 aromatic carbocycles. The van der Waals surface area contributed by atoms with E-state index in [1.807, 2.05) is 7.05 Å². The topological polar surface area (TPSA) is 15.3 Å². The second-order valence-corrected chi connectivity index (χ2v) is 6.87. The van der Waals surface area contributed by atoms with Gasteiger partial charge in [-0.1, -0.05) is 12.1 Å². The molecular formula is C14H17BrN2S. The molecule has 2 aromatic rings. The number of nitrogens with zero attached hydrogens (tertiary/aromatic N) is 1. The first kappa shape index (κ1) is 13.6. The highest BCUT2D eigenvalue weighted by Crippen LogP contribution is 2.23. The Labute approximate surface area is 121 Å². The molecule has 4 heteroatoms. The molecule has 1 heterocycles. The van der Waals surface area contributed by atoms with Gasteiger partial charge in [0.1, 0.15) is 0 Å². The van der Waals surface area contributed by atoms with Crippen molar-refractivity contribution in [2.24, 2.45) is 0 Å². The highest BCUT2D eigenvalue weighted by molar-refractivity contribution is 9.11. The van der Waals surface area contributed by atoms with E-state index in [2.05, 4.69) is 69.6 Å². The number of nitrogens with one attached hydrogen (secondary N) is 1. The Hall–Kier alpha value is -0.840. The molecule has 96 valence electrons. The molecule has 2 rings (SSSR count). The maximum absolute atomic E-state index is 3.50. The molecule has 1 N–H and O–H groups in total. The lowest BCUT2D eigenvalue weighted by Gasteiger charge is -2.15. The van der Waals surface area contributed by atoms with Crippen molar-refractivity contribution in [3.8, 4) is 0 Å². The van der Waals surface area contributed by atoms with E-state index in [1.165, 1.54) is 14.2 Å². The van der Waals surface area contributed by atoms with Gasteiger partial charge in [-0.15, -0.1) is 11.3 Å². The first-order valence-electron chi connectivity index (χ1n) is 5.87. The van der Waals surface area contributed by atoms with Crippen LogP contribution >= 0.6 is 27.3 Å². The summed E-state index contributed by atoms with van der Waals surface area (Å²) in [5.41, 5.74) is 2.50. The van der Waals surface area contributed by atoms with Crippen molar-refractivity contribution < 1.29 is 0 Å². The number of thiophene rings is 1. The van der Waals surface area contributed by atoms with E-state index in [9.17, 15) is 0 Å². The van der Waals surface area contributed by atoms with Crippen molar-refractivity contribution in [1.29, 1.82) is 0 Å². The van der Waals surface area contributed by atoms with Crippen molar-refractivity contribution in [3.63, 3.8) is 0 Å². The highest BCUT2D eigenvalue weighted by atomic mass is 79.9. The monoisotopic (exact) mass is 324 g/mol. The van der Waals surface area contributed by atoms with Gasteiger partial charge < -0.3 is 5.32 Å². The molecule has 0 unspecified atom stereocenters. The fraction of sp³-hybridized carbons (Fsp3) is 0.286. The van der Waals surface area contributed by atoms with Crippen LogP contribution in [0.4, 0.5) is 5.69 Å². The molecule has 0 aliphatic rings. The predicted octanol–water partition coefficient (Wildman–Crippen LogP) is 4.18. The molecule has 0 saturated heterocycles. The lowest BCUT2D eigenvalue weighted by Crippen LogP contribution is -2.16. The quantitative estimate of drug-likeness (QED) is 0.887. The molecule has 0 radical (unpaired) electrons. The maximum Gasteiger partial charge on any atom is 0.0701 e. The van der Waals surface area contributed by atoms with Crippen LogP contribution in [-0.2, 0) is 13.1 Å². The number of benzene rings is 1. The third-order valence-electron chi connectivity index (χ3n) is 2.75. The van der Waals surface area contributed by atoms with E-state index < -0.39 is 0 Å². The molecule has 0 fully saturated rings. The number of hydrogen-bond acceptors (Lipinski definition) is 3. The zero-order valence-electron chi connectivity index (χ0n) is 10.6. The third kappa shape index (κ3) is 3.83. The average molecular weight is 325 g/mol. The van der Waals surface area contributed by atoms with E-state index >= 15 is 0 Å². The number of halogens is 1. The van der Waals surface area contributed by atoms with Crippen LogP contribution in [-0.4, -0.2) is 19.0 Å². The fourth-order valence-corrected chi connectivity index (χ4v) is 3.41. The lowest BCUT2D eigenvalue weighted by atomic mass is 10.2. The third-order valence-corrected chi connectivity index (χ3v) is 4.36. The van der Waals surface area contributed by atoms with Gasteiger partial charge in [-0.05, 0) is 52.8 Å². The van der Waals surface area contributed by atoms with Gasteiger partial charge in [0, 0.05) is 30.7 Å². The van der Waals surface area contributed by atoms with Crippen LogP contribution in [0.1, 0.15) is 10.4 Å². The van der Waals surface area contributed by atoms with Crippen molar-refractivity contribution in [2.45, 2.75) is 13.1 Å². The summed E-state index contributed by atoms with van der Waals surface area (Å²) in [5.74, 6) is 0. The Morgan fingerprint density at radius 2 is 1.83 bits per heavy atom. The zero-order valence-corrected chi connectivity index (χ0v) is 13.0. The Balaban J connectivity index is 1.91. The summed E-state index contributed by atoms with van der Waals surface area (Å²) in [6, 6.07) is 12.9.